The zero-order chi connectivity index (χ0) is 23.9. The minimum absolute atomic E-state index is 0.0190. The molecule has 11 heteroatoms. The number of methoxy groups -OCH3 is 1. The Labute approximate surface area is 189 Å². The molecule has 0 spiro atoms. The predicted octanol–water partition coefficient (Wildman–Crippen LogP) is 2.71. The van der Waals surface area contributed by atoms with Crippen LogP contribution in [-0.2, 0) is 20.0 Å². The lowest BCUT2D eigenvalue weighted by atomic mass is 10.2. The highest BCUT2D eigenvalue weighted by atomic mass is 32.2. The molecule has 2 aromatic carbocycles. The maximum absolute atomic E-state index is 12.8. The molecule has 0 aliphatic carbocycles. The molecule has 2 aromatic rings. The molecule has 0 heterocycles. The normalized spacial score (nSPS) is 12.0. The Balaban J connectivity index is 2.29. The first kappa shape index (κ1) is 25.8. The third-order valence-electron chi connectivity index (χ3n) is 4.33. The Morgan fingerprint density at radius 1 is 1.03 bits per heavy atom. The number of rotatable bonds is 11. The Morgan fingerprint density at radius 2 is 1.75 bits per heavy atom. The van der Waals surface area contributed by atoms with Gasteiger partial charge in [-0.3, -0.25) is 4.79 Å². The van der Waals surface area contributed by atoms with E-state index in [1.54, 1.807) is 19.9 Å². The SMILES string of the molecule is CCCCNS(=O)(=O)c1cccc(NC(=O)c2ccc(OC)c(S(=O)(=O)NC(C)C)c2)c1. The first-order valence-electron chi connectivity index (χ1n) is 10.1. The number of benzene rings is 2. The molecule has 0 bridgehead atoms. The van der Waals surface area contributed by atoms with E-state index in [0.717, 1.165) is 6.42 Å². The Morgan fingerprint density at radius 3 is 2.38 bits per heavy atom. The smallest absolute Gasteiger partial charge is 0.255 e. The summed E-state index contributed by atoms with van der Waals surface area (Å²) in [5.74, 6) is -0.497. The maximum atomic E-state index is 12.8. The summed E-state index contributed by atoms with van der Waals surface area (Å²) in [6.07, 6.45) is 1.56. The number of nitrogens with one attached hydrogen (secondary N) is 3. The Bertz CT molecular complexity index is 1160. The minimum Gasteiger partial charge on any atom is -0.495 e. The van der Waals surface area contributed by atoms with E-state index >= 15 is 0 Å². The van der Waals surface area contributed by atoms with Crippen LogP contribution in [0.1, 0.15) is 44.0 Å². The number of ether oxygens (including phenoxy) is 1. The fourth-order valence-electron chi connectivity index (χ4n) is 2.81. The topological polar surface area (TPSA) is 131 Å². The lowest BCUT2D eigenvalue weighted by Crippen LogP contribution is -2.30. The molecule has 3 N–H and O–H groups in total. The molecular weight excluding hydrogens is 454 g/mol. The first-order chi connectivity index (χ1) is 15.0. The van der Waals surface area contributed by atoms with Crippen molar-refractivity contribution in [3.63, 3.8) is 0 Å². The second-order valence-corrected chi connectivity index (χ2v) is 10.8. The van der Waals surface area contributed by atoms with Crippen LogP contribution in [0.5, 0.6) is 5.75 Å². The molecule has 0 saturated carbocycles. The summed E-state index contributed by atoms with van der Waals surface area (Å²) in [5.41, 5.74) is 0.332. The molecule has 2 rings (SSSR count). The zero-order valence-corrected chi connectivity index (χ0v) is 20.1. The molecule has 0 aliphatic heterocycles. The molecule has 0 aliphatic rings. The van der Waals surface area contributed by atoms with E-state index < -0.39 is 26.0 Å². The van der Waals surface area contributed by atoms with Crippen LogP contribution in [0, 0.1) is 0 Å². The van der Waals surface area contributed by atoms with E-state index in [9.17, 15) is 21.6 Å². The molecule has 1 amide bonds. The number of unbranched alkanes of at least 4 members (excludes halogenated alkanes) is 1. The predicted molar refractivity (Wildman–Crippen MR) is 123 cm³/mol. The van der Waals surface area contributed by atoms with Gasteiger partial charge in [-0.25, -0.2) is 26.3 Å². The molecule has 32 heavy (non-hydrogen) atoms. The highest BCUT2D eigenvalue weighted by molar-refractivity contribution is 7.89. The van der Waals surface area contributed by atoms with Gasteiger partial charge in [0, 0.05) is 23.8 Å². The Hall–Kier alpha value is -2.47. The van der Waals surface area contributed by atoms with Crippen molar-refractivity contribution in [3.05, 3.63) is 48.0 Å². The summed E-state index contributed by atoms with van der Waals surface area (Å²) in [7, 11) is -6.28. The van der Waals surface area contributed by atoms with Crippen molar-refractivity contribution in [1.29, 1.82) is 0 Å². The fraction of sp³-hybridized carbons (Fsp3) is 0.381. The average molecular weight is 484 g/mol. The Kier molecular flexibility index (Phi) is 8.79. The molecule has 0 atom stereocenters. The van der Waals surface area contributed by atoms with Crippen molar-refractivity contribution in [2.75, 3.05) is 19.0 Å². The number of sulfonamides is 2. The quantitative estimate of drug-likeness (QED) is 0.421. The standard InChI is InChI=1S/C21H29N3O6S2/c1-5-6-12-22-31(26,27)18-9-7-8-17(14-18)23-21(25)16-10-11-19(30-4)20(13-16)32(28,29)24-15(2)3/h7-11,13-15,22,24H,5-6,12H2,1-4H3,(H,23,25). The van der Waals surface area contributed by atoms with Gasteiger partial charge in [0.2, 0.25) is 20.0 Å². The molecule has 176 valence electrons. The van der Waals surface area contributed by atoms with Crippen molar-refractivity contribution >= 4 is 31.6 Å². The van der Waals surface area contributed by atoms with E-state index in [1.165, 1.54) is 43.5 Å². The van der Waals surface area contributed by atoms with Gasteiger partial charge >= 0.3 is 0 Å². The van der Waals surface area contributed by atoms with Gasteiger partial charge in [0.25, 0.3) is 5.91 Å². The molecule has 0 radical (unpaired) electrons. The van der Waals surface area contributed by atoms with E-state index in [2.05, 4.69) is 14.8 Å². The van der Waals surface area contributed by atoms with Crippen LogP contribution in [0.15, 0.2) is 52.3 Å². The summed E-state index contributed by atoms with van der Waals surface area (Å²) >= 11 is 0. The van der Waals surface area contributed by atoms with Crippen molar-refractivity contribution in [1.82, 2.24) is 9.44 Å². The second-order valence-electron chi connectivity index (χ2n) is 7.37. The van der Waals surface area contributed by atoms with Gasteiger partial charge in [0.05, 0.1) is 12.0 Å². The number of hydrogen-bond donors (Lipinski definition) is 3. The molecule has 0 aromatic heterocycles. The van der Waals surface area contributed by atoms with Crippen molar-refractivity contribution < 1.29 is 26.4 Å². The molecular formula is C21H29N3O6S2. The van der Waals surface area contributed by atoms with E-state index in [-0.39, 0.29) is 32.8 Å². The van der Waals surface area contributed by atoms with Gasteiger partial charge in [0.1, 0.15) is 10.6 Å². The number of carbonyl (C=O) groups excluding carboxylic acids is 1. The summed E-state index contributed by atoms with van der Waals surface area (Å²) in [5, 5.41) is 2.61. The minimum atomic E-state index is -3.91. The number of amides is 1. The zero-order valence-electron chi connectivity index (χ0n) is 18.5. The van der Waals surface area contributed by atoms with Crippen LogP contribution in [-0.4, -0.2) is 42.4 Å². The lowest BCUT2D eigenvalue weighted by molar-refractivity contribution is 0.102. The van der Waals surface area contributed by atoms with Crippen molar-refractivity contribution in [2.45, 2.75) is 49.4 Å². The summed E-state index contributed by atoms with van der Waals surface area (Å²) in [4.78, 5) is 12.6. The van der Waals surface area contributed by atoms with Crippen LogP contribution in [0.2, 0.25) is 0 Å². The highest BCUT2D eigenvalue weighted by Crippen LogP contribution is 2.26. The van der Waals surface area contributed by atoms with Crippen molar-refractivity contribution in [3.8, 4) is 5.75 Å². The molecule has 9 nitrogen and oxygen atoms in total. The van der Waals surface area contributed by atoms with Crippen molar-refractivity contribution in [2.24, 2.45) is 0 Å². The third-order valence-corrected chi connectivity index (χ3v) is 7.47. The van der Waals surface area contributed by atoms with E-state index in [1.807, 2.05) is 6.92 Å². The summed E-state index contributed by atoms with van der Waals surface area (Å²) in [6.45, 7) is 5.64. The average Bonchev–Trinajstić information content (AvgIpc) is 2.72. The van der Waals surface area contributed by atoms with Gasteiger partial charge in [-0.15, -0.1) is 0 Å². The van der Waals surface area contributed by atoms with Gasteiger partial charge in [-0.2, -0.15) is 0 Å². The number of carbonyl (C=O) groups is 1. The second kappa shape index (κ2) is 10.9. The van der Waals surface area contributed by atoms with Crippen LogP contribution >= 0.6 is 0 Å². The van der Waals surface area contributed by atoms with Crippen LogP contribution in [0.25, 0.3) is 0 Å². The van der Waals surface area contributed by atoms with Crippen LogP contribution in [0.3, 0.4) is 0 Å². The van der Waals surface area contributed by atoms with Gasteiger partial charge in [-0.05, 0) is 56.7 Å². The van der Waals surface area contributed by atoms with Gasteiger partial charge < -0.3 is 10.1 Å². The maximum Gasteiger partial charge on any atom is 0.255 e. The third kappa shape index (κ3) is 6.76. The van der Waals surface area contributed by atoms with Crippen LogP contribution < -0.4 is 19.5 Å². The summed E-state index contributed by atoms with van der Waals surface area (Å²) < 4.78 is 60.2. The molecule has 0 unspecified atom stereocenters. The first-order valence-corrected chi connectivity index (χ1v) is 13.1. The van der Waals surface area contributed by atoms with Gasteiger partial charge in [-0.1, -0.05) is 19.4 Å². The summed E-state index contributed by atoms with van der Waals surface area (Å²) in [6, 6.07) is 9.51. The monoisotopic (exact) mass is 483 g/mol. The highest BCUT2D eigenvalue weighted by Gasteiger charge is 2.23. The molecule has 0 fully saturated rings. The van der Waals surface area contributed by atoms with E-state index in [0.29, 0.717) is 13.0 Å². The lowest BCUT2D eigenvalue weighted by Gasteiger charge is -2.14. The van der Waals surface area contributed by atoms with E-state index in [4.69, 9.17) is 4.74 Å². The largest absolute Gasteiger partial charge is 0.495 e. The number of hydrogen-bond acceptors (Lipinski definition) is 6. The molecule has 0 saturated heterocycles. The van der Waals surface area contributed by atoms with Crippen LogP contribution in [0.4, 0.5) is 5.69 Å². The fourth-order valence-corrected chi connectivity index (χ4v) is 5.38. The number of anilines is 1. The van der Waals surface area contributed by atoms with Gasteiger partial charge in [0.15, 0.2) is 0 Å².